The molecule has 0 bridgehead atoms. The molecule has 4 nitrogen and oxygen atoms in total. The number of hydrogen-bond acceptors (Lipinski definition) is 4. The van der Waals surface area contributed by atoms with E-state index in [-0.39, 0.29) is 18.1 Å². The van der Waals surface area contributed by atoms with Crippen molar-refractivity contribution in [3.05, 3.63) is 29.8 Å². The predicted molar refractivity (Wildman–Crippen MR) is 43.5 cm³/mol. The molecule has 0 radical (unpaired) electrons. The summed E-state index contributed by atoms with van der Waals surface area (Å²) in [6.45, 7) is -0.332. The first-order valence-electron chi connectivity index (χ1n) is 3.39. The van der Waals surface area contributed by atoms with Crippen molar-refractivity contribution in [1.82, 2.24) is 0 Å². The van der Waals surface area contributed by atoms with Crippen molar-refractivity contribution >= 4 is 5.71 Å². The third kappa shape index (κ3) is 1.73. The van der Waals surface area contributed by atoms with Gasteiger partial charge in [-0.3, -0.25) is 0 Å². The molecule has 1 aromatic carbocycles. The molecule has 0 aliphatic heterocycles. The van der Waals surface area contributed by atoms with E-state index in [0.29, 0.717) is 5.56 Å². The summed E-state index contributed by atoms with van der Waals surface area (Å²) in [5, 5.41) is 28.9. The Hall–Kier alpha value is -1.55. The van der Waals surface area contributed by atoms with Gasteiger partial charge in [0.2, 0.25) is 0 Å². The van der Waals surface area contributed by atoms with Crippen molar-refractivity contribution < 1.29 is 15.4 Å². The Morgan fingerprint density at radius 3 is 2.25 bits per heavy atom. The molecule has 1 aromatic rings. The second-order valence-corrected chi connectivity index (χ2v) is 2.25. The molecule has 1 rings (SSSR count). The van der Waals surface area contributed by atoms with Crippen LogP contribution in [0.4, 0.5) is 0 Å². The van der Waals surface area contributed by atoms with Gasteiger partial charge >= 0.3 is 0 Å². The van der Waals surface area contributed by atoms with Crippen molar-refractivity contribution in [2.45, 2.75) is 0 Å². The molecule has 12 heavy (non-hydrogen) atoms. The van der Waals surface area contributed by atoms with E-state index in [1.54, 1.807) is 12.1 Å². The number of oxime groups is 1. The SMILES string of the molecule is OCC(=NO)c1ccc(O)cc1. The maximum atomic E-state index is 8.92. The molecule has 0 atom stereocenters. The van der Waals surface area contributed by atoms with Crippen LogP contribution in [-0.2, 0) is 0 Å². The van der Waals surface area contributed by atoms with Crippen LogP contribution in [0, 0.1) is 0 Å². The van der Waals surface area contributed by atoms with Crippen LogP contribution in [0.3, 0.4) is 0 Å². The number of phenols is 1. The van der Waals surface area contributed by atoms with Gasteiger partial charge in [0.1, 0.15) is 11.5 Å². The number of phenolic OH excluding ortho intramolecular Hbond substituents is 1. The Bertz CT molecular complexity index is 279. The number of aliphatic hydroxyl groups excluding tert-OH is 1. The number of hydrogen-bond donors (Lipinski definition) is 3. The van der Waals surface area contributed by atoms with Gasteiger partial charge in [0, 0.05) is 5.56 Å². The molecule has 0 amide bonds. The maximum Gasteiger partial charge on any atom is 0.115 e. The lowest BCUT2D eigenvalue weighted by molar-refractivity contribution is 0.304. The van der Waals surface area contributed by atoms with E-state index in [1.165, 1.54) is 12.1 Å². The molecular weight excluding hydrogens is 158 g/mol. The summed E-state index contributed by atoms with van der Waals surface area (Å²) in [4.78, 5) is 0. The van der Waals surface area contributed by atoms with Crippen LogP contribution in [0.2, 0.25) is 0 Å². The van der Waals surface area contributed by atoms with Gasteiger partial charge in [-0.2, -0.15) is 0 Å². The molecular formula is C8H9NO3. The van der Waals surface area contributed by atoms with Crippen LogP contribution in [0.1, 0.15) is 5.56 Å². The highest BCUT2D eigenvalue weighted by Gasteiger charge is 2.01. The molecule has 0 aliphatic rings. The van der Waals surface area contributed by atoms with Crippen LogP contribution >= 0.6 is 0 Å². The highest BCUT2D eigenvalue weighted by Crippen LogP contribution is 2.10. The van der Waals surface area contributed by atoms with Gasteiger partial charge in [0.15, 0.2) is 0 Å². The molecule has 0 unspecified atom stereocenters. The monoisotopic (exact) mass is 167 g/mol. The van der Waals surface area contributed by atoms with Gasteiger partial charge in [-0.15, -0.1) is 0 Å². The highest BCUT2D eigenvalue weighted by atomic mass is 16.4. The molecule has 0 aliphatic carbocycles. The lowest BCUT2D eigenvalue weighted by atomic mass is 10.1. The zero-order valence-corrected chi connectivity index (χ0v) is 6.31. The van der Waals surface area contributed by atoms with Crippen LogP contribution in [0.15, 0.2) is 29.4 Å². The van der Waals surface area contributed by atoms with Crippen molar-refractivity contribution in [2.24, 2.45) is 5.16 Å². The first-order chi connectivity index (χ1) is 5.77. The molecule has 3 N–H and O–H groups in total. The van der Waals surface area contributed by atoms with Crippen LogP contribution in [0.5, 0.6) is 5.75 Å². The lowest BCUT2D eigenvalue weighted by Crippen LogP contribution is -2.05. The molecule has 0 saturated carbocycles. The molecule has 0 aromatic heterocycles. The molecule has 64 valence electrons. The Labute approximate surface area is 69.4 Å². The smallest absolute Gasteiger partial charge is 0.115 e. The minimum absolute atomic E-state index is 0.133. The number of benzene rings is 1. The van der Waals surface area contributed by atoms with Gasteiger partial charge in [-0.05, 0) is 24.3 Å². The summed E-state index contributed by atoms with van der Waals surface area (Å²) in [5.41, 5.74) is 0.757. The fourth-order valence-electron chi connectivity index (χ4n) is 0.834. The van der Waals surface area contributed by atoms with E-state index in [9.17, 15) is 0 Å². The predicted octanol–water partition coefficient (Wildman–Crippen LogP) is 0.563. The van der Waals surface area contributed by atoms with Crippen LogP contribution < -0.4 is 0 Å². The highest BCUT2D eigenvalue weighted by molar-refractivity contribution is 6.01. The molecule has 0 spiro atoms. The first kappa shape index (κ1) is 8.55. The normalized spacial score (nSPS) is 11.6. The van der Waals surface area contributed by atoms with Crippen molar-refractivity contribution in [3.63, 3.8) is 0 Å². The summed E-state index contributed by atoms with van der Waals surface area (Å²) in [6.07, 6.45) is 0. The van der Waals surface area contributed by atoms with Crippen LogP contribution in [-0.4, -0.2) is 27.7 Å². The molecule has 0 saturated heterocycles. The van der Waals surface area contributed by atoms with E-state index in [4.69, 9.17) is 15.4 Å². The Morgan fingerprint density at radius 1 is 1.25 bits per heavy atom. The summed E-state index contributed by atoms with van der Waals surface area (Å²) in [7, 11) is 0. The molecule has 4 heteroatoms. The fraction of sp³-hybridized carbons (Fsp3) is 0.125. The summed E-state index contributed by atoms with van der Waals surface area (Å²) in [5.74, 6) is 0.133. The summed E-state index contributed by atoms with van der Waals surface area (Å²) in [6, 6.07) is 6.02. The van der Waals surface area contributed by atoms with E-state index >= 15 is 0 Å². The molecule has 0 fully saturated rings. The second-order valence-electron chi connectivity index (χ2n) is 2.25. The Kier molecular flexibility index (Phi) is 2.66. The number of nitrogens with zero attached hydrogens (tertiary/aromatic N) is 1. The third-order valence-electron chi connectivity index (χ3n) is 1.47. The minimum atomic E-state index is -0.332. The Morgan fingerprint density at radius 2 is 1.83 bits per heavy atom. The van der Waals surface area contributed by atoms with Gasteiger partial charge in [-0.25, -0.2) is 0 Å². The topological polar surface area (TPSA) is 73.1 Å². The lowest BCUT2D eigenvalue weighted by Gasteiger charge is -1.99. The largest absolute Gasteiger partial charge is 0.508 e. The van der Waals surface area contributed by atoms with Crippen molar-refractivity contribution in [3.8, 4) is 5.75 Å². The van der Waals surface area contributed by atoms with Crippen molar-refractivity contribution in [2.75, 3.05) is 6.61 Å². The number of aromatic hydroxyl groups is 1. The zero-order chi connectivity index (χ0) is 8.97. The average Bonchev–Trinajstić information content (AvgIpc) is 2.10. The van der Waals surface area contributed by atoms with Gasteiger partial charge in [0.25, 0.3) is 0 Å². The van der Waals surface area contributed by atoms with Gasteiger partial charge in [0.05, 0.1) is 6.61 Å². The summed E-state index contributed by atoms with van der Waals surface area (Å²) >= 11 is 0. The average molecular weight is 167 g/mol. The second kappa shape index (κ2) is 3.73. The molecule has 0 heterocycles. The minimum Gasteiger partial charge on any atom is -0.508 e. The first-order valence-corrected chi connectivity index (χ1v) is 3.39. The van der Waals surface area contributed by atoms with E-state index in [0.717, 1.165) is 0 Å². The van der Waals surface area contributed by atoms with Crippen LogP contribution in [0.25, 0.3) is 0 Å². The van der Waals surface area contributed by atoms with Gasteiger partial charge in [-0.1, -0.05) is 5.16 Å². The standard InChI is InChI=1S/C8H9NO3/c10-5-8(9-12)6-1-3-7(11)4-2-6/h1-4,10-12H,5H2. The van der Waals surface area contributed by atoms with E-state index < -0.39 is 0 Å². The van der Waals surface area contributed by atoms with Gasteiger partial charge < -0.3 is 15.4 Å². The van der Waals surface area contributed by atoms with Crippen molar-refractivity contribution in [1.29, 1.82) is 0 Å². The van der Waals surface area contributed by atoms with E-state index in [2.05, 4.69) is 5.16 Å². The quantitative estimate of drug-likeness (QED) is 0.342. The summed E-state index contributed by atoms with van der Waals surface area (Å²) < 4.78 is 0. The number of rotatable bonds is 2. The zero-order valence-electron chi connectivity index (χ0n) is 6.31. The Balaban J connectivity index is 2.96. The maximum absolute atomic E-state index is 8.92. The van der Waals surface area contributed by atoms with E-state index in [1.807, 2.05) is 0 Å². The third-order valence-corrected chi connectivity index (χ3v) is 1.47. The fourth-order valence-corrected chi connectivity index (χ4v) is 0.834. The number of aliphatic hydroxyl groups is 1.